The number of aliphatic carboxylic acids is 1. The van der Waals surface area contributed by atoms with Crippen molar-refractivity contribution >= 4 is 23.0 Å². The molecule has 6 heteroatoms. The highest BCUT2D eigenvalue weighted by atomic mass is 16.6. The summed E-state index contributed by atoms with van der Waals surface area (Å²) in [7, 11) is 0. The highest BCUT2D eigenvalue weighted by Crippen LogP contribution is 2.44. The molecule has 1 aliphatic rings. The number of furan rings is 1. The fourth-order valence-electron chi connectivity index (χ4n) is 4.57. The summed E-state index contributed by atoms with van der Waals surface area (Å²) in [6.07, 6.45) is 1.49. The summed E-state index contributed by atoms with van der Waals surface area (Å²) in [4.78, 5) is 25.5. The van der Waals surface area contributed by atoms with Crippen molar-refractivity contribution in [2.24, 2.45) is 0 Å². The average molecular weight is 441 g/mol. The van der Waals surface area contributed by atoms with Crippen LogP contribution in [0.15, 0.2) is 83.5 Å². The zero-order valence-electron chi connectivity index (χ0n) is 17.9. The Balaban J connectivity index is 1.30. The molecule has 0 atom stereocenters. The number of carboxylic acid groups (broad SMARTS) is 1. The van der Waals surface area contributed by atoms with Gasteiger partial charge in [-0.2, -0.15) is 0 Å². The maximum Gasteiger partial charge on any atom is 0.410 e. The number of hydrogen-bond donors (Lipinski definition) is 1. The van der Waals surface area contributed by atoms with Gasteiger partial charge in [0.15, 0.2) is 0 Å². The number of benzene rings is 3. The van der Waals surface area contributed by atoms with Crippen LogP contribution in [0.3, 0.4) is 0 Å². The molecule has 0 fully saturated rings. The molecule has 0 saturated carbocycles. The first-order chi connectivity index (χ1) is 16.1. The van der Waals surface area contributed by atoms with Crippen molar-refractivity contribution in [2.45, 2.75) is 12.3 Å². The minimum absolute atomic E-state index is 0.0779. The minimum Gasteiger partial charge on any atom is -0.480 e. The van der Waals surface area contributed by atoms with E-state index in [1.165, 1.54) is 4.90 Å². The SMILES string of the molecule is O=C(O)CN(CCc1coc2ccccc12)C(=O)OCC1c2ccccc2-c2ccccc21. The first-order valence-electron chi connectivity index (χ1n) is 10.9. The van der Waals surface area contributed by atoms with E-state index in [9.17, 15) is 14.7 Å². The third-order valence-corrected chi connectivity index (χ3v) is 6.13. The number of ether oxygens (including phenoxy) is 1. The highest BCUT2D eigenvalue weighted by Gasteiger charge is 2.30. The van der Waals surface area contributed by atoms with Crippen LogP contribution in [-0.2, 0) is 16.0 Å². The van der Waals surface area contributed by atoms with Crippen LogP contribution in [-0.4, -0.2) is 41.8 Å². The van der Waals surface area contributed by atoms with Crippen molar-refractivity contribution in [3.8, 4) is 11.1 Å². The van der Waals surface area contributed by atoms with Gasteiger partial charge in [-0.3, -0.25) is 9.69 Å². The number of carbonyl (C=O) groups excluding carboxylic acids is 1. The molecule has 0 saturated heterocycles. The van der Waals surface area contributed by atoms with E-state index in [4.69, 9.17) is 9.15 Å². The standard InChI is InChI=1S/C27H23NO5/c29-26(30)15-28(14-13-18-16-32-25-12-6-5-7-19(18)25)27(31)33-17-24-22-10-3-1-8-20(22)21-9-2-4-11-23(21)24/h1-12,16,24H,13-15,17H2,(H,29,30). The van der Waals surface area contributed by atoms with Gasteiger partial charge in [0, 0.05) is 17.8 Å². The quantitative estimate of drug-likeness (QED) is 0.420. The number of nitrogens with zero attached hydrogens (tertiary/aromatic N) is 1. The van der Waals surface area contributed by atoms with Gasteiger partial charge in [-0.05, 0) is 40.3 Å². The summed E-state index contributed by atoms with van der Waals surface area (Å²) in [6.45, 7) is -0.0589. The molecule has 33 heavy (non-hydrogen) atoms. The molecule has 4 aromatic rings. The van der Waals surface area contributed by atoms with Crippen LogP contribution in [0.5, 0.6) is 0 Å². The van der Waals surface area contributed by atoms with Crippen LogP contribution < -0.4 is 0 Å². The zero-order chi connectivity index (χ0) is 22.8. The fourth-order valence-corrected chi connectivity index (χ4v) is 4.57. The summed E-state index contributed by atoms with van der Waals surface area (Å²) < 4.78 is 11.2. The van der Waals surface area contributed by atoms with Crippen LogP contribution in [0, 0.1) is 0 Å². The molecule has 0 bridgehead atoms. The maximum absolute atomic E-state index is 12.9. The third kappa shape index (κ3) is 4.07. The second-order valence-electron chi connectivity index (χ2n) is 8.13. The number of hydrogen-bond acceptors (Lipinski definition) is 4. The van der Waals surface area contributed by atoms with Gasteiger partial charge in [-0.1, -0.05) is 66.7 Å². The Bertz CT molecular complexity index is 1280. The molecule has 1 aliphatic carbocycles. The number of amides is 1. The van der Waals surface area contributed by atoms with Crippen LogP contribution in [0.4, 0.5) is 4.79 Å². The van der Waals surface area contributed by atoms with Crippen LogP contribution in [0.25, 0.3) is 22.1 Å². The summed E-state index contributed by atoms with van der Waals surface area (Å²) in [5.41, 5.74) is 6.19. The predicted octanol–water partition coefficient (Wildman–Crippen LogP) is 5.31. The summed E-state index contributed by atoms with van der Waals surface area (Å²) in [6, 6.07) is 23.8. The average Bonchev–Trinajstić information content (AvgIpc) is 3.39. The van der Waals surface area contributed by atoms with Crippen molar-refractivity contribution in [1.82, 2.24) is 4.90 Å². The number of carbonyl (C=O) groups is 2. The van der Waals surface area contributed by atoms with E-state index in [-0.39, 0.29) is 19.1 Å². The first kappa shape index (κ1) is 20.8. The third-order valence-electron chi connectivity index (χ3n) is 6.13. The van der Waals surface area contributed by atoms with E-state index < -0.39 is 18.6 Å². The highest BCUT2D eigenvalue weighted by molar-refractivity contribution is 5.81. The Kier molecular flexibility index (Phi) is 5.57. The van der Waals surface area contributed by atoms with Gasteiger partial charge < -0.3 is 14.3 Å². The maximum atomic E-state index is 12.9. The van der Waals surface area contributed by atoms with Crippen molar-refractivity contribution in [3.05, 3.63) is 95.7 Å². The summed E-state index contributed by atoms with van der Waals surface area (Å²) in [5, 5.41) is 10.3. The fraction of sp³-hybridized carbons (Fsp3) is 0.185. The molecule has 1 amide bonds. The second-order valence-corrected chi connectivity index (χ2v) is 8.13. The van der Waals surface area contributed by atoms with Gasteiger partial charge in [0.1, 0.15) is 18.7 Å². The van der Waals surface area contributed by atoms with E-state index >= 15 is 0 Å². The number of carboxylic acids is 1. The zero-order valence-corrected chi connectivity index (χ0v) is 17.9. The molecule has 1 N–H and O–H groups in total. The monoisotopic (exact) mass is 441 g/mol. The lowest BCUT2D eigenvalue weighted by atomic mass is 9.98. The molecule has 0 aliphatic heterocycles. The Morgan fingerprint density at radius 2 is 1.55 bits per heavy atom. The van der Waals surface area contributed by atoms with Gasteiger partial charge in [0.05, 0.1) is 6.26 Å². The summed E-state index contributed by atoms with van der Waals surface area (Å²) in [5.74, 6) is -1.16. The minimum atomic E-state index is -1.08. The molecule has 5 rings (SSSR count). The van der Waals surface area contributed by atoms with Gasteiger partial charge in [-0.25, -0.2) is 4.79 Å². The second kappa shape index (κ2) is 8.82. The molecular formula is C27H23NO5. The predicted molar refractivity (Wildman–Crippen MR) is 124 cm³/mol. The van der Waals surface area contributed by atoms with E-state index in [1.807, 2.05) is 60.7 Å². The largest absolute Gasteiger partial charge is 0.480 e. The molecule has 3 aromatic carbocycles. The number of para-hydroxylation sites is 1. The molecule has 1 heterocycles. The lowest BCUT2D eigenvalue weighted by Gasteiger charge is -2.22. The molecule has 0 unspecified atom stereocenters. The molecule has 0 radical (unpaired) electrons. The molecule has 1 aromatic heterocycles. The lowest BCUT2D eigenvalue weighted by molar-refractivity contribution is -0.138. The number of fused-ring (bicyclic) bond motifs is 4. The Hall–Kier alpha value is -4.06. The van der Waals surface area contributed by atoms with Crippen molar-refractivity contribution in [1.29, 1.82) is 0 Å². The van der Waals surface area contributed by atoms with E-state index in [1.54, 1.807) is 6.26 Å². The van der Waals surface area contributed by atoms with Crippen LogP contribution in [0.2, 0.25) is 0 Å². The number of rotatable bonds is 7. The van der Waals surface area contributed by atoms with Gasteiger partial charge in [-0.15, -0.1) is 0 Å². The normalized spacial score (nSPS) is 12.4. The molecule has 0 spiro atoms. The van der Waals surface area contributed by atoms with Gasteiger partial charge in [0.2, 0.25) is 0 Å². The molecule has 166 valence electrons. The van der Waals surface area contributed by atoms with Crippen LogP contribution >= 0.6 is 0 Å². The smallest absolute Gasteiger partial charge is 0.410 e. The Morgan fingerprint density at radius 1 is 0.909 bits per heavy atom. The topological polar surface area (TPSA) is 80.0 Å². The van der Waals surface area contributed by atoms with Gasteiger partial charge in [0.25, 0.3) is 0 Å². The lowest BCUT2D eigenvalue weighted by Crippen LogP contribution is -2.38. The van der Waals surface area contributed by atoms with Crippen molar-refractivity contribution < 1.29 is 23.8 Å². The Morgan fingerprint density at radius 3 is 2.24 bits per heavy atom. The Labute approximate surface area is 191 Å². The van der Waals surface area contributed by atoms with E-state index in [0.29, 0.717) is 6.42 Å². The molecular weight excluding hydrogens is 418 g/mol. The first-order valence-corrected chi connectivity index (χ1v) is 10.9. The molecule has 6 nitrogen and oxygen atoms in total. The van der Waals surface area contributed by atoms with Crippen molar-refractivity contribution in [2.75, 3.05) is 19.7 Å². The van der Waals surface area contributed by atoms with Crippen LogP contribution in [0.1, 0.15) is 22.6 Å². The van der Waals surface area contributed by atoms with E-state index in [2.05, 4.69) is 12.1 Å². The van der Waals surface area contributed by atoms with Crippen molar-refractivity contribution in [3.63, 3.8) is 0 Å². The van der Waals surface area contributed by atoms with Gasteiger partial charge >= 0.3 is 12.1 Å². The van der Waals surface area contributed by atoms with E-state index in [0.717, 1.165) is 38.8 Å². The summed E-state index contributed by atoms with van der Waals surface area (Å²) >= 11 is 0.